The molecule has 2 atom stereocenters. The second-order valence-corrected chi connectivity index (χ2v) is 12.5. The quantitative estimate of drug-likeness (QED) is 0.228. The zero-order chi connectivity index (χ0) is 31.2. The van der Waals surface area contributed by atoms with E-state index in [1.54, 1.807) is 18.2 Å². The van der Waals surface area contributed by atoms with Gasteiger partial charge in [0, 0.05) is 55.5 Å². The van der Waals surface area contributed by atoms with Crippen molar-refractivity contribution in [2.75, 3.05) is 44.2 Å². The molecule has 0 radical (unpaired) electrons. The number of nitrogens with zero attached hydrogens (tertiary/aromatic N) is 3. The van der Waals surface area contributed by atoms with Crippen LogP contribution < -0.4 is 10.2 Å². The predicted octanol–water partition coefficient (Wildman–Crippen LogP) is 6.13. The SMILES string of the molecule is O=C(NCCCN1CCN(c2ccc(F)cc2)CC1)c1ccc(/C=C2\OC3CCCCC3N(Cc3ccc(Cl)cc3)C2=O)cc1. The van der Waals surface area contributed by atoms with Gasteiger partial charge in [-0.1, -0.05) is 42.3 Å². The molecule has 3 aliphatic rings. The molecular weight excluding hydrogens is 591 g/mol. The predicted molar refractivity (Wildman–Crippen MR) is 176 cm³/mol. The number of hydrogen-bond acceptors (Lipinski definition) is 5. The third-order valence-corrected chi connectivity index (χ3v) is 9.31. The standard InChI is InChI=1S/C36H40ClFN4O3/c37-29-12-8-27(9-13-29)25-42-32-4-1-2-5-33(32)45-34(36(42)44)24-26-6-10-28(11-7-26)35(43)39-18-3-19-40-20-22-41(23-21-40)31-16-14-30(38)15-17-31/h6-17,24,32-33H,1-5,18-23,25H2,(H,39,43)/b34-24-. The number of anilines is 1. The van der Waals surface area contributed by atoms with Crippen LogP contribution in [0.25, 0.3) is 6.08 Å². The molecule has 2 amide bonds. The van der Waals surface area contributed by atoms with E-state index in [4.69, 9.17) is 16.3 Å². The van der Waals surface area contributed by atoms with E-state index < -0.39 is 0 Å². The van der Waals surface area contributed by atoms with Gasteiger partial charge in [-0.2, -0.15) is 0 Å². The zero-order valence-electron chi connectivity index (χ0n) is 25.5. The third-order valence-electron chi connectivity index (χ3n) is 9.06. The van der Waals surface area contributed by atoms with Gasteiger partial charge in [0.15, 0.2) is 5.76 Å². The van der Waals surface area contributed by atoms with E-state index in [0.717, 1.165) is 81.6 Å². The Morgan fingerprint density at radius 2 is 1.64 bits per heavy atom. The summed E-state index contributed by atoms with van der Waals surface area (Å²) < 4.78 is 19.5. The first-order valence-electron chi connectivity index (χ1n) is 16.0. The molecule has 3 aromatic rings. The summed E-state index contributed by atoms with van der Waals surface area (Å²) >= 11 is 6.08. The number of carbonyl (C=O) groups is 2. The van der Waals surface area contributed by atoms with Crippen molar-refractivity contribution in [3.05, 3.63) is 106 Å². The summed E-state index contributed by atoms with van der Waals surface area (Å²) in [6.45, 7) is 5.70. The Kier molecular flexibility index (Phi) is 10.0. The number of hydrogen-bond donors (Lipinski definition) is 1. The number of amides is 2. The van der Waals surface area contributed by atoms with Crippen molar-refractivity contribution in [3.8, 4) is 0 Å². The second kappa shape index (κ2) is 14.5. The van der Waals surface area contributed by atoms with Gasteiger partial charge >= 0.3 is 0 Å². The molecule has 1 N–H and O–H groups in total. The number of ether oxygens (including phenoxy) is 1. The summed E-state index contributed by atoms with van der Waals surface area (Å²) in [6, 6.07) is 21.7. The van der Waals surface area contributed by atoms with Gasteiger partial charge < -0.3 is 19.9 Å². The Morgan fingerprint density at radius 3 is 2.38 bits per heavy atom. The number of halogens is 2. The average molecular weight is 631 g/mol. The minimum Gasteiger partial charge on any atom is -0.482 e. The number of morpholine rings is 1. The number of piperazine rings is 1. The lowest BCUT2D eigenvalue weighted by Gasteiger charge is -2.44. The van der Waals surface area contributed by atoms with Crippen molar-refractivity contribution >= 4 is 35.2 Å². The van der Waals surface area contributed by atoms with Crippen LogP contribution in [0.2, 0.25) is 5.02 Å². The van der Waals surface area contributed by atoms with Crippen molar-refractivity contribution in [2.24, 2.45) is 0 Å². The monoisotopic (exact) mass is 630 g/mol. The number of nitrogens with one attached hydrogen (secondary N) is 1. The molecule has 2 aliphatic heterocycles. The first kappa shape index (κ1) is 31.1. The second-order valence-electron chi connectivity index (χ2n) is 12.1. The van der Waals surface area contributed by atoms with Crippen molar-refractivity contribution in [1.29, 1.82) is 0 Å². The molecule has 3 aromatic carbocycles. The fourth-order valence-corrected chi connectivity index (χ4v) is 6.64. The van der Waals surface area contributed by atoms with Crippen LogP contribution in [0.5, 0.6) is 0 Å². The van der Waals surface area contributed by atoms with Crippen molar-refractivity contribution in [3.63, 3.8) is 0 Å². The molecule has 7 nitrogen and oxygen atoms in total. The van der Waals surface area contributed by atoms with Crippen LogP contribution in [-0.4, -0.2) is 73.0 Å². The highest BCUT2D eigenvalue weighted by molar-refractivity contribution is 6.30. The molecule has 236 valence electrons. The largest absolute Gasteiger partial charge is 0.482 e. The fraction of sp³-hybridized carbons (Fsp3) is 0.389. The molecule has 3 fully saturated rings. The Bertz CT molecular complexity index is 1490. The molecule has 0 bridgehead atoms. The molecule has 9 heteroatoms. The van der Waals surface area contributed by atoms with Crippen LogP contribution >= 0.6 is 11.6 Å². The van der Waals surface area contributed by atoms with Crippen LogP contribution in [0.3, 0.4) is 0 Å². The maximum atomic E-state index is 13.6. The van der Waals surface area contributed by atoms with Gasteiger partial charge in [0.25, 0.3) is 11.8 Å². The van der Waals surface area contributed by atoms with Crippen LogP contribution in [0.1, 0.15) is 53.6 Å². The Hall–Kier alpha value is -3.88. The number of carbonyl (C=O) groups excluding carboxylic acids is 2. The van der Waals surface area contributed by atoms with E-state index in [1.807, 2.05) is 53.4 Å². The maximum absolute atomic E-state index is 13.6. The van der Waals surface area contributed by atoms with Gasteiger partial charge in [-0.15, -0.1) is 0 Å². The number of fused-ring (bicyclic) bond motifs is 1. The molecule has 6 rings (SSSR count). The highest BCUT2D eigenvalue weighted by Gasteiger charge is 2.41. The van der Waals surface area contributed by atoms with Crippen LogP contribution in [0, 0.1) is 5.82 Å². The van der Waals surface area contributed by atoms with Gasteiger partial charge in [0.1, 0.15) is 11.9 Å². The number of rotatable bonds is 9. The van der Waals surface area contributed by atoms with E-state index in [9.17, 15) is 14.0 Å². The van der Waals surface area contributed by atoms with E-state index in [2.05, 4.69) is 15.1 Å². The Labute approximate surface area is 269 Å². The molecule has 1 aliphatic carbocycles. The Morgan fingerprint density at radius 1 is 0.933 bits per heavy atom. The normalized spacial score (nSPS) is 21.4. The van der Waals surface area contributed by atoms with Gasteiger partial charge in [0.2, 0.25) is 0 Å². The first-order chi connectivity index (χ1) is 21.9. The molecule has 1 saturated carbocycles. The van der Waals surface area contributed by atoms with Gasteiger partial charge in [-0.3, -0.25) is 14.5 Å². The lowest BCUT2D eigenvalue weighted by molar-refractivity contribution is -0.149. The third kappa shape index (κ3) is 7.86. The summed E-state index contributed by atoms with van der Waals surface area (Å²) in [4.78, 5) is 33.0. The van der Waals surface area contributed by atoms with Crippen LogP contribution in [0.4, 0.5) is 10.1 Å². The Balaban J connectivity index is 0.989. The molecular formula is C36H40ClFN4O3. The minimum atomic E-state index is -0.214. The highest BCUT2D eigenvalue weighted by atomic mass is 35.5. The molecule has 45 heavy (non-hydrogen) atoms. The van der Waals surface area contributed by atoms with Gasteiger partial charge in [-0.05, 0) is 98.0 Å². The summed E-state index contributed by atoms with van der Waals surface area (Å²) in [5, 5.41) is 3.70. The summed E-state index contributed by atoms with van der Waals surface area (Å²) in [5.74, 6) is -0.0809. The summed E-state index contributed by atoms with van der Waals surface area (Å²) in [6.07, 6.45) is 6.69. The van der Waals surface area contributed by atoms with Crippen LogP contribution in [0.15, 0.2) is 78.6 Å². The van der Waals surface area contributed by atoms with Gasteiger partial charge in [-0.25, -0.2) is 4.39 Å². The lowest BCUT2D eigenvalue weighted by atomic mass is 9.89. The van der Waals surface area contributed by atoms with Crippen molar-refractivity contribution < 1.29 is 18.7 Å². The van der Waals surface area contributed by atoms with E-state index >= 15 is 0 Å². The average Bonchev–Trinajstić information content (AvgIpc) is 3.07. The molecule has 2 unspecified atom stereocenters. The fourth-order valence-electron chi connectivity index (χ4n) is 6.52. The smallest absolute Gasteiger partial charge is 0.289 e. The molecule has 0 aromatic heterocycles. The molecule has 0 spiro atoms. The zero-order valence-corrected chi connectivity index (χ0v) is 26.2. The first-order valence-corrected chi connectivity index (χ1v) is 16.4. The summed E-state index contributed by atoms with van der Waals surface area (Å²) in [5.41, 5.74) is 3.49. The van der Waals surface area contributed by atoms with E-state index in [0.29, 0.717) is 29.4 Å². The molecule has 2 heterocycles. The summed E-state index contributed by atoms with van der Waals surface area (Å²) in [7, 11) is 0. The number of benzene rings is 3. The van der Waals surface area contributed by atoms with E-state index in [-0.39, 0.29) is 29.8 Å². The van der Waals surface area contributed by atoms with Crippen LogP contribution in [-0.2, 0) is 16.1 Å². The minimum absolute atomic E-state index is 0.0151. The lowest BCUT2D eigenvalue weighted by Crippen LogP contribution is -2.54. The molecule has 2 saturated heterocycles. The maximum Gasteiger partial charge on any atom is 0.289 e. The van der Waals surface area contributed by atoms with E-state index in [1.165, 1.54) is 12.1 Å². The van der Waals surface area contributed by atoms with Gasteiger partial charge in [0.05, 0.1) is 6.04 Å². The topological polar surface area (TPSA) is 65.1 Å². The van der Waals surface area contributed by atoms with Crippen molar-refractivity contribution in [1.82, 2.24) is 15.1 Å². The highest BCUT2D eigenvalue weighted by Crippen LogP contribution is 2.34. The van der Waals surface area contributed by atoms with Crippen molar-refractivity contribution in [2.45, 2.75) is 50.8 Å².